The van der Waals surface area contributed by atoms with Crippen molar-refractivity contribution in [3.63, 3.8) is 0 Å². The molecule has 5 heteroatoms. The van der Waals surface area contributed by atoms with Crippen LogP contribution in [0.25, 0.3) is 11.2 Å². The second kappa shape index (κ2) is 6.53. The van der Waals surface area contributed by atoms with Crippen LogP contribution in [0.15, 0.2) is 12.3 Å². The Hall–Kier alpha value is -0.800. The molecule has 0 saturated heterocycles. The summed E-state index contributed by atoms with van der Waals surface area (Å²) in [5.41, 5.74) is 1.85. The van der Waals surface area contributed by atoms with Gasteiger partial charge >= 0.3 is 0 Å². The molecule has 2 atom stereocenters. The fraction of sp³-hybridized carbons (Fsp3) is 0.625. The van der Waals surface area contributed by atoms with Crippen molar-refractivity contribution in [2.24, 2.45) is 5.92 Å². The molecule has 3 nitrogen and oxygen atoms in total. The minimum Gasteiger partial charge on any atom is -0.309 e. The van der Waals surface area contributed by atoms with Crippen molar-refractivity contribution in [2.45, 2.75) is 51.5 Å². The van der Waals surface area contributed by atoms with E-state index in [4.69, 9.17) is 28.2 Å². The van der Waals surface area contributed by atoms with Gasteiger partial charge in [0.2, 0.25) is 0 Å². The molecule has 0 spiro atoms. The molecule has 1 saturated carbocycles. The molecule has 0 radical (unpaired) electrons. The Kier molecular flexibility index (Phi) is 4.70. The second-order valence-corrected chi connectivity index (χ2v) is 6.67. The fourth-order valence-electron chi connectivity index (χ4n) is 3.62. The van der Waals surface area contributed by atoms with Gasteiger partial charge in [-0.2, -0.15) is 0 Å². The van der Waals surface area contributed by atoms with Gasteiger partial charge in [-0.1, -0.05) is 37.8 Å². The Morgan fingerprint density at radius 2 is 2.14 bits per heavy atom. The lowest BCUT2D eigenvalue weighted by atomic mass is 9.82. The third kappa shape index (κ3) is 2.91. The molecule has 2 heterocycles. The number of imidazole rings is 1. The molecule has 1 aliphatic carbocycles. The Labute approximate surface area is 135 Å². The second-order valence-electron chi connectivity index (χ2n) is 5.85. The molecular weight excluding hydrogens is 305 g/mol. The van der Waals surface area contributed by atoms with Gasteiger partial charge in [-0.05, 0) is 24.8 Å². The summed E-state index contributed by atoms with van der Waals surface area (Å²) in [5.74, 6) is 2.35. The third-order valence-electron chi connectivity index (χ3n) is 4.61. The molecule has 0 aliphatic heterocycles. The minimum absolute atomic E-state index is 0.501. The zero-order valence-corrected chi connectivity index (χ0v) is 13.9. The summed E-state index contributed by atoms with van der Waals surface area (Å²) in [5, 5.41) is 0.639. The summed E-state index contributed by atoms with van der Waals surface area (Å²) in [6.07, 6.45) is 8.84. The van der Waals surface area contributed by atoms with Crippen LogP contribution in [0, 0.1) is 5.92 Å². The van der Waals surface area contributed by atoms with E-state index in [0.717, 1.165) is 23.4 Å². The minimum atomic E-state index is 0.501. The Bertz CT molecular complexity index is 623. The van der Waals surface area contributed by atoms with E-state index >= 15 is 0 Å². The maximum atomic E-state index is 6.06. The van der Waals surface area contributed by atoms with Crippen LogP contribution in [0.3, 0.4) is 0 Å². The van der Waals surface area contributed by atoms with Crippen molar-refractivity contribution in [1.82, 2.24) is 14.5 Å². The zero-order valence-electron chi connectivity index (χ0n) is 12.4. The van der Waals surface area contributed by atoms with E-state index in [9.17, 15) is 0 Å². The Morgan fingerprint density at radius 3 is 2.90 bits per heavy atom. The van der Waals surface area contributed by atoms with E-state index in [1.807, 2.05) is 6.07 Å². The normalized spacial score (nSPS) is 22.8. The number of pyridine rings is 1. The number of aryl methyl sites for hydroxylation is 1. The summed E-state index contributed by atoms with van der Waals surface area (Å²) < 4.78 is 2.35. The highest BCUT2D eigenvalue weighted by atomic mass is 35.5. The SMILES string of the molecule is CCC1CCCCC1n1c(CCCl)nc2cc(Cl)cnc21. The topological polar surface area (TPSA) is 30.7 Å². The van der Waals surface area contributed by atoms with Crippen molar-refractivity contribution in [3.8, 4) is 0 Å². The molecule has 2 unspecified atom stereocenters. The van der Waals surface area contributed by atoms with Crippen LogP contribution in [0.5, 0.6) is 0 Å². The van der Waals surface area contributed by atoms with Crippen molar-refractivity contribution < 1.29 is 0 Å². The number of hydrogen-bond donors (Lipinski definition) is 0. The van der Waals surface area contributed by atoms with Crippen molar-refractivity contribution >= 4 is 34.4 Å². The van der Waals surface area contributed by atoms with Crippen molar-refractivity contribution in [3.05, 3.63) is 23.1 Å². The number of hydrogen-bond acceptors (Lipinski definition) is 2. The molecule has 1 fully saturated rings. The number of nitrogens with zero attached hydrogens (tertiary/aromatic N) is 3. The van der Waals surface area contributed by atoms with E-state index in [1.165, 1.54) is 32.1 Å². The van der Waals surface area contributed by atoms with Crippen LogP contribution in [0.1, 0.15) is 50.9 Å². The van der Waals surface area contributed by atoms with E-state index < -0.39 is 0 Å². The summed E-state index contributed by atoms with van der Waals surface area (Å²) in [6, 6.07) is 2.41. The third-order valence-corrected chi connectivity index (χ3v) is 5.01. The number of halogens is 2. The molecule has 114 valence electrons. The molecule has 0 aromatic carbocycles. The van der Waals surface area contributed by atoms with E-state index in [1.54, 1.807) is 6.20 Å². The lowest BCUT2D eigenvalue weighted by molar-refractivity contribution is 0.232. The van der Waals surface area contributed by atoms with Gasteiger partial charge in [-0.25, -0.2) is 9.97 Å². The number of rotatable bonds is 4. The number of fused-ring (bicyclic) bond motifs is 1. The maximum absolute atomic E-state index is 6.06. The number of aromatic nitrogens is 3. The molecule has 2 aromatic rings. The van der Waals surface area contributed by atoms with Crippen molar-refractivity contribution in [1.29, 1.82) is 0 Å². The largest absolute Gasteiger partial charge is 0.309 e. The number of alkyl halides is 1. The predicted octanol–water partition coefficient (Wildman–Crippen LogP) is 5.01. The van der Waals surface area contributed by atoms with Crippen LogP contribution in [0.2, 0.25) is 5.02 Å². The smallest absolute Gasteiger partial charge is 0.160 e. The average molecular weight is 326 g/mol. The molecule has 0 bridgehead atoms. The first-order valence-corrected chi connectivity index (χ1v) is 8.74. The standard InChI is InChI=1S/C16H21Cl2N3/c1-2-11-5-3-4-6-14(11)21-15(7-8-17)20-13-9-12(18)10-19-16(13)21/h9-11,14H,2-8H2,1H3. The van der Waals surface area contributed by atoms with Crippen molar-refractivity contribution in [2.75, 3.05) is 5.88 Å². The van der Waals surface area contributed by atoms with Gasteiger partial charge in [0.1, 0.15) is 11.3 Å². The van der Waals surface area contributed by atoms with E-state index in [0.29, 0.717) is 22.9 Å². The van der Waals surface area contributed by atoms with Gasteiger partial charge in [0.05, 0.1) is 5.02 Å². The molecular formula is C16H21Cl2N3. The van der Waals surface area contributed by atoms with Gasteiger partial charge in [0.25, 0.3) is 0 Å². The highest BCUT2D eigenvalue weighted by Gasteiger charge is 2.28. The molecule has 21 heavy (non-hydrogen) atoms. The molecule has 0 N–H and O–H groups in total. The summed E-state index contributed by atoms with van der Waals surface area (Å²) in [6.45, 7) is 2.29. The van der Waals surface area contributed by atoms with Gasteiger partial charge in [0, 0.05) is 24.5 Å². The lowest BCUT2D eigenvalue weighted by Crippen LogP contribution is -2.24. The van der Waals surface area contributed by atoms with Crippen LogP contribution >= 0.6 is 23.2 Å². The lowest BCUT2D eigenvalue weighted by Gasteiger charge is -2.33. The quantitative estimate of drug-likeness (QED) is 0.740. The first-order chi connectivity index (χ1) is 10.2. The zero-order chi connectivity index (χ0) is 14.8. The van der Waals surface area contributed by atoms with Crippen LogP contribution in [-0.2, 0) is 6.42 Å². The van der Waals surface area contributed by atoms with Crippen LogP contribution in [-0.4, -0.2) is 20.4 Å². The maximum Gasteiger partial charge on any atom is 0.160 e. The van der Waals surface area contributed by atoms with Gasteiger partial charge in [-0.3, -0.25) is 0 Å². The highest BCUT2D eigenvalue weighted by molar-refractivity contribution is 6.31. The van der Waals surface area contributed by atoms with Gasteiger partial charge in [0.15, 0.2) is 5.65 Å². The fourth-order valence-corrected chi connectivity index (χ4v) is 3.94. The molecule has 2 aromatic heterocycles. The van der Waals surface area contributed by atoms with Gasteiger partial charge < -0.3 is 4.57 Å². The molecule has 0 amide bonds. The molecule has 1 aliphatic rings. The summed E-state index contributed by atoms with van der Waals surface area (Å²) >= 11 is 12.0. The average Bonchev–Trinajstić information content (AvgIpc) is 2.84. The predicted molar refractivity (Wildman–Crippen MR) is 88.2 cm³/mol. The monoisotopic (exact) mass is 325 g/mol. The summed E-state index contributed by atoms with van der Waals surface area (Å²) in [4.78, 5) is 9.29. The highest BCUT2D eigenvalue weighted by Crippen LogP contribution is 2.38. The van der Waals surface area contributed by atoms with Crippen LogP contribution < -0.4 is 0 Å². The first kappa shape index (κ1) is 15.1. The van der Waals surface area contributed by atoms with Crippen LogP contribution in [0.4, 0.5) is 0 Å². The van der Waals surface area contributed by atoms with E-state index in [2.05, 4.69) is 16.5 Å². The summed E-state index contributed by atoms with van der Waals surface area (Å²) in [7, 11) is 0. The van der Waals surface area contributed by atoms with E-state index in [-0.39, 0.29) is 0 Å². The Balaban J connectivity index is 2.11. The van der Waals surface area contributed by atoms with Gasteiger partial charge in [-0.15, -0.1) is 11.6 Å². The Morgan fingerprint density at radius 1 is 1.33 bits per heavy atom. The first-order valence-electron chi connectivity index (χ1n) is 7.83. The molecule has 3 rings (SSSR count).